The topological polar surface area (TPSA) is 58.1 Å². The number of rotatable bonds is 12. The van der Waals surface area contributed by atoms with Crippen LogP contribution in [0.3, 0.4) is 0 Å². The standard InChI is InChI=1S/C20H33F3N4O2/c1-16-7-8-17(18(13-16)29-12-6-11-28-4)14-26-19(24-2)25-9-5-10-27(3)15-20(21,22)23/h7-8,13H,5-6,9-12,14-15H2,1-4H3,(H2,24,25,26). The largest absolute Gasteiger partial charge is 0.493 e. The summed E-state index contributed by atoms with van der Waals surface area (Å²) >= 11 is 0. The van der Waals surface area contributed by atoms with E-state index >= 15 is 0 Å². The van der Waals surface area contributed by atoms with E-state index in [9.17, 15) is 13.2 Å². The van der Waals surface area contributed by atoms with Crippen LogP contribution in [-0.2, 0) is 11.3 Å². The smallest absolute Gasteiger partial charge is 0.401 e. The molecule has 0 bridgehead atoms. The third kappa shape index (κ3) is 11.6. The minimum Gasteiger partial charge on any atom is -0.493 e. The number of alkyl halides is 3. The predicted molar refractivity (Wildman–Crippen MR) is 110 cm³/mol. The second kappa shape index (κ2) is 13.3. The third-order valence-corrected chi connectivity index (χ3v) is 4.10. The van der Waals surface area contributed by atoms with Crippen LogP contribution in [0.15, 0.2) is 23.2 Å². The van der Waals surface area contributed by atoms with Gasteiger partial charge < -0.3 is 20.1 Å². The zero-order valence-corrected chi connectivity index (χ0v) is 17.7. The van der Waals surface area contributed by atoms with E-state index in [2.05, 4.69) is 15.6 Å². The number of ether oxygens (including phenoxy) is 2. The van der Waals surface area contributed by atoms with Gasteiger partial charge in [-0.15, -0.1) is 0 Å². The normalized spacial score (nSPS) is 12.3. The monoisotopic (exact) mass is 418 g/mol. The lowest BCUT2D eigenvalue weighted by Gasteiger charge is -2.19. The number of aryl methyl sites for hydroxylation is 1. The van der Waals surface area contributed by atoms with Crippen molar-refractivity contribution in [2.75, 3.05) is 54.1 Å². The molecule has 2 N–H and O–H groups in total. The first-order valence-corrected chi connectivity index (χ1v) is 9.66. The summed E-state index contributed by atoms with van der Waals surface area (Å²) in [5, 5.41) is 6.34. The number of benzene rings is 1. The molecule has 9 heteroatoms. The minimum atomic E-state index is -4.17. The van der Waals surface area contributed by atoms with Gasteiger partial charge in [-0.3, -0.25) is 9.89 Å². The summed E-state index contributed by atoms with van der Waals surface area (Å²) in [4.78, 5) is 5.42. The van der Waals surface area contributed by atoms with Crippen LogP contribution in [0.2, 0.25) is 0 Å². The Bertz CT molecular complexity index is 624. The second-order valence-electron chi connectivity index (χ2n) is 6.87. The van der Waals surface area contributed by atoms with Crippen molar-refractivity contribution in [3.8, 4) is 5.75 Å². The number of guanidine groups is 1. The highest BCUT2D eigenvalue weighted by Gasteiger charge is 2.28. The molecule has 6 nitrogen and oxygen atoms in total. The number of halogens is 3. The van der Waals surface area contributed by atoms with E-state index < -0.39 is 12.7 Å². The number of methoxy groups -OCH3 is 1. The average molecular weight is 419 g/mol. The molecular weight excluding hydrogens is 385 g/mol. The minimum absolute atomic E-state index is 0.348. The molecule has 0 heterocycles. The molecule has 0 amide bonds. The quantitative estimate of drug-likeness (QED) is 0.311. The van der Waals surface area contributed by atoms with Gasteiger partial charge in [0.25, 0.3) is 0 Å². The number of nitrogens with zero attached hydrogens (tertiary/aromatic N) is 2. The predicted octanol–water partition coefficient (Wildman–Crippen LogP) is 2.96. The summed E-state index contributed by atoms with van der Waals surface area (Å²) in [6, 6.07) is 6.02. The number of aliphatic imine (C=N–C) groups is 1. The van der Waals surface area contributed by atoms with Crippen molar-refractivity contribution < 1.29 is 22.6 Å². The zero-order chi connectivity index (χ0) is 21.7. The molecule has 166 valence electrons. The van der Waals surface area contributed by atoms with Crippen LogP contribution in [0.5, 0.6) is 5.75 Å². The molecule has 0 unspecified atom stereocenters. The highest BCUT2D eigenvalue weighted by molar-refractivity contribution is 5.79. The van der Waals surface area contributed by atoms with Gasteiger partial charge in [0.2, 0.25) is 0 Å². The number of nitrogens with one attached hydrogen (secondary N) is 2. The average Bonchev–Trinajstić information content (AvgIpc) is 2.64. The van der Waals surface area contributed by atoms with Gasteiger partial charge >= 0.3 is 6.18 Å². The first kappa shape index (κ1) is 25.0. The van der Waals surface area contributed by atoms with E-state index in [-0.39, 0.29) is 0 Å². The molecule has 0 spiro atoms. The van der Waals surface area contributed by atoms with Crippen LogP contribution in [0.25, 0.3) is 0 Å². The molecule has 0 aliphatic heterocycles. The second-order valence-corrected chi connectivity index (χ2v) is 6.87. The van der Waals surface area contributed by atoms with Crippen molar-refractivity contribution in [3.05, 3.63) is 29.3 Å². The Morgan fingerprint density at radius 2 is 1.93 bits per heavy atom. The van der Waals surface area contributed by atoms with E-state index in [0.29, 0.717) is 45.2 Å². The van der Waals surface area contributed by atoms with Gasteiger partial charge in [0.15, 0.2) is 5.96 Å². The van der Waals surface area contributed by atoms with Crippen molar-refractivity contribution in [1.82, 2.24) is 15.5 Å². The summed E-state index contributed by atoms with van der Waals surface area (Å²) < 4.78 is 47.9. The fourth-order valence-electron chi connectivity index (χ4n) is 2.67. The van der Waals surface area contributed by atoms with Crippen LogP contribution in [-0.4, -0.2) is 71.1 Å². The molecule has 1 rings (SSSR count). The van der Waals surface area contributed by atoms with Gasteiger partial charge in [-0.25, -0.2) is 0 Å². The molecule has 0 aliphatic carbocycles. The Morgan fingerprint density at radius 1 is 1.17 bits per heavy atom. The highest BCUT2D eigenvalue weighted by atomic mass is 19.4. The Balaban J connectivity index is 2.44. The molecule has 0 aliphatic rings. The van der Waals surface area contributed by atoms with Crippen molar-refractivity contribution in [2.45, 2.75) is 32.5 Å². The SMILES string of the molecule is CN=C(NCCCN(C)CC(F)(F)F)NCc1ccc(C)cc1OCCCOC. The van der Waals surface area contributed by atoms with Crippen LogP contribution in [0.1, 0.15) is 24.0 Å². The van der Waals surface area contributed by atoms with E-state index in [4.69, 9.17) is 9.47 Å². The molecule has 0 saturated carbocycles. The van der Waals surface area contributed by atoms with Crippen LogP contribution < -0.4 is 15.4 Å². The maximum absolute atomic E-state index is 12.3. The summed E-state index contributed by atoms with van der Waals surface area (Å²) in [5.74, 6) is 1.41. The molecule has 29 heavy (non-hydrogen) atoms. The molecule has 0 fully saturated rings. The van der Waals surface area contributed by atoms with Crippen LogP contribution >= 0.6 is 0 Å². The fraction of sp³-hybridized carbons (Fsp3) is 0.650. The van der Waals surface area contributed by atoms with Gasteiger partial charge in [0.05, 0.1) is 13.2 Å². The molecular formula is C20H33F3N4O2. The number of hydrogen-bond acceptors (Lipinski definition) is 4. The zero-order valence-electron chi connectivity index (χ0n) is 17.7. The van der Waals surface area contributed by atoms with Crippen molar-refractivity contribution in [2.24, 2.45) is 4.99 Å². The van der Waals surface area contributed by atoms with Crippen molar-refractivity contribution in [3.63, 3.8) is 0 Å². The maximum Gasteiger partial charge on any atom is 0.401 e. The molecule has 0 atom stereocenters. The van der Waals surface area contributed by atoms with Crippen molar-refractivity contribution >= 4 is 5.96 Å². The summed E-state index contributed by atoms with van der Waals surface area (Å²) in [5.41, 5.74) is 2.11. The van der Waals surface area contributed by atoms with Gasteiger partial charge in [-0.1, -0.05) is 12.1 Å². The molecule has 1 aromatic carbocycles. The van der Waals surface area contributed by atoms with E-state index in [1.807, 2.05) is 25.1 Å². The summed E-state index contributed by atoms with van der Waals surface area (Å²) in [6.45, 7) is 3.72. The first-order chi connectivity index (χ1) is 13.7. The Kier molecular flexibility index (Phi) is 11.5. The Morgan fingerprint density at radius 3 is 2.59 bits per heavy atom. The number of hydrogen-bond donors (Lipinski definition) is 2. The lowest BCUT2D eigenvalue weighted by molar-refractivity contribution is -0.143. The summed E-state index contributed by atoms with van der Waals surface area (Å²) in [7, 11) is 4.78. The lowest BCUT2D eigenvalue weighted by Crippen LogP contribution is -2.39. The van der Waals surface area contributed by atoms with Gasteiger partial charge in [-0.05, 0) is 38.6 Å². The van der Waals surface area contributed by atoms with Crippen molar-refractivity contribution in [1.29, 1.82) is 0 Å². The first-order valence-electron chi connectivity index (χ1n) is 9.66. The highest BCUT2D eigenvalue weighted by Crippen LogP contribution is 2.20. The molecule has 1 aromatic rings. The Labute approximate surface area is 171 Å². The Hall–Kier alpha value is -2.00. The van der Waals surface area contributed by atoms with Gasteiger partial charge in [-0.2, -0.15) is 13.2 Å². The molecule has 0 radical (unpaired) electrons. The van der Waals surface area contributed by atoms with E-state index in [1.165, 1.54) is 11.9 Å². The van der Waals surface area contributed by atoms with E-state index in [1.54, 1.807) is 14.2 Å². The maximum atomic E-state index is 12.3. The fourth-order valence-corrected chi connectivity index (χ4v) is 2.67. The molecule has 0 aromatic heterocycles. The van der Waals surface area contributed by atoms with Crippen LogP contribution in [0.4, 0.5) is 13.2 Å². The van der Waals surface area contributed by atoms with Gasteiger partial charge in [0.1, 0.15) is 5.75 Å². The third-order valence-electron chi connectivity index (χ3n) is 4.10. The van der Waals surface area contributed by atoms with Gasteiger partial charge in [0, 0.05) is 45.8 Å². The lowest BCUT2D eigenvalue weighted by atomic mass is 10.1. The van der Waals surface area contributed by atoms with Crippen LogP contribution in [0, 0.1) is 6.92 Å². The van der Waals surface area contributed by atoms with E-state index in [0.717, 1.165) is 23.3 Å². The molecule has 0 saturated heterocycles. The summed E-state index contributed by atoms with van der Waals surface area (Å²) in [6.07, 6.45) is -2.79.